The van der Waals surface area contributed by atoms with Crippen LogP contribution in [0.15, 0.2) is 176 Å². The fourth-order valence-corrected chi connectivity index (χ4v) is 8.84. The summed E-state index contributed by atoms with van der Waals surface area (Å²) in [6.45, 7) is 0. The molecule has 0 fully saturated rings. The normalized spacial score (nSPS) is 13.6. The standard InChI is InChI=1S/C47H29NO/c1-2-12-33(13-3-1)48-43-20-10-6-16-36(43)37-26-24-30-22-23-31(28-38(30)46(37)48)32-25-27-45-42(29-32)47(41-19-9-11-21-44(41)49-45)39-17-7-4-14-34(39)35-15-5-8-18-40(35)47/h1-29H. The molecule has 1 aliphatic heterocycles. The number of para-hydroxylation sites is 3. The molecule has 228 valence electrons. The van der Waals surface area contributed by atoms with Gasteiger partial charge in [0.1, 0.15) is 11.5 Å². The number of hydrogen-bond donors (Lipinski definition) is 0. The fraction of sp³-hybridized carbons (Fsp3) is 0.0213. The number of benzene rings is 8. The summed E-state index contributed by atoms with van der Waals surface area (Å²) in [6.07, 6.45) is 0. The predicted molar refractivity (Wildman–Crippen MR) is 201 cm³/mol. The number of nitrogens with zero attached hydrogens (tertiary/aromatic N) is 1. The van der Waals surface area contributed by atoms with E-state index in [2.05, 4.69) is 180 Å². The Balaban J connectivity index is 1.19. The highest BCUT2D eigenvalue weighted by Crippen LogP contribution is 2.62. The fourth-order valence-electron chi connectivity index (χ4n) is 8.84. The van der Waals surface area contributed by atoms with Crippen LogP contribution in [0.4, 0.5) is 0 Å². The third-order valence-electron chi connectivity index (χ3n) is 10.8. The van der Waals surface area contributed by atoms with E-state index in [1.165, 1.54) is 77.1 Å². The average Bonchev–Trinajstić information content (AvgIpc) is 3.67. The monoisotopic (exact) mass is 623 g/mol. The number of fused-ring (bicyclic) bond motifs is 14. The molecule has 0 saturated carbocycles. The lowest BCUT2D eigenvalue weighted by Crippen LogP contribution is -2.32. The lowest BCUT2D eigenvalue weighted by molar-refractivity contribution is 0.436. The van der Waals surface area contributed by atoms with Gasteiger partial charge in [0.25, 0.3) is 0 Å². The third-order valence-corrected chi connectivity index (χ3v) is 10.8. The zero-order valence-electron chi connectivity index (χ0n) is 26.6. The molecule has 0 amide bonds. The molecule has 8 aromatic carbocycles. The maximum absolute atomic E-state index is 6.71. The van der Waals surface area contributed by atoms with E-state index in [0.717, 1.165) is 17.2 Å². The molecule has 2 heterocycles. The topological polar surface area (TPSA) is 14.2 Å². The molecule has 49 heavy (non-hydrogen) atoms. The predicted octanol–water partition coefficient (Wildman–Crippen LogP) is 12.1. The van der Waals surface area contributed by atoms with E-state index in [4.69, 9.17) is 4.74 Å². The van der Waals surface area contributed by atoms with Crippen molar-refractivity contribution in [1.82, 2.24) is 4.57 Å². The highest BCUT2D eigenvalue weighted by atomic mass is 16.5. The lowest BCUT2D eigenvalue weighted by atomic mass is 9.66. The Bertz CT molecular complexity index is 2760. The van der Waals surface area contributed by atoms with Gasteiger partial charge in [0.15, 0.2) is 0 Å². The molecular weight excluding hydrogens is 595 g/mol. The van der Waals surface area contributed by atoms with Gasteiger partial charge in [-0.05, 0) is 81.2 Å². The average molecular weight is 624 g/mol. The van der Waals surface area contributed by atoms with Crippen molar-refractivity contribution in [2.24, 2.45) is 0 Å². The van der Waals surface area contributed by atoms with Crippen molar-refractivity contribution in [3.63, 3.8) is 0 Å². The van der Waals surface area contributed by atoms with Gasteiger partial charge in [-0.3, -0.25) is 0 Å². The molecule has 1 spiro atoms. The maximum Gasteiger partial charge on any atom is 0.132 e. The van der Waals surface area contributed by atoms with E-state index in [1.54, 1.807) is 0 Å². The molecule has 2 heteroatoms. The van der Waals surface area contributed by atoms with Gasteiger partial charge >= 0.3 is 0 Å². The maximum atomic E-state index is 6.71. The van der Waals surface area contributed by atoms with Crippen molar-refractivity contribution in [2.75, 3.05) is 0 Å². The molecule has 1 aliphatic carbocycles. The quantitative estimate of drug-likeness (QED) is 0.187. The second-order valence-corrected chi connectivity index (χ2v) is 13.2. The van der Waals surface area contributed by atoms with Gasteiger partial charge < -0.3 is 9.30 Å². The van der Waals surface area contributed by atoms with Gasteiger partial charge in [-0.2, -0.15) is 0 Å². The molecular formula is C47H29NO. The Morgan fingerprint density at radius 2 is 1.02 bits per heavy atom. The third kappa shape index (κ3) is 3.50. The molecule has 0 unspecified atom stereocenters. The second kappa shape index (κ2) is 9.82. The van der Waals surface area contributed by atoms with E-state index in [0.29, 0.717) is 0 Å². The van der Waals surface area contributed by atoms with Crippen LogP contribution in [-0.2, 0) is 5.41 Å². The summed E-state index contributed by atoms with van der Waals surface area (Å²) in [5.74, 6) is 1.82. The zero-order chi connectivity index (χ0) is 32.1. The summed E-state index contributed by atoms with van der Waals surface area (Å²) in [7, 11) is 0. The Hall–Kier alpha value is -6.38. The SMILES string of the molecule is c1ccc(-n2c3ccccc3c3ccc4ccc(-c5ccc6c(c5)C5(c7ccccc7O6)c6ccccc6-c6ccccc65)cc4c32)cc1. The number of hydrogen-bond acceptors (Lipinski definition) is 1. The van der Waals surface area contributed by atoms with Crippen LogP contribution < -0.4 is 4.74 Å². The number of aromatic nitrogens is 1. The molecule has 9 aromatic rings. The highest BCUT2D eigenvalue weighted by Gasteiger charge is 2.50. The Labute approximate surface area is 284 Å². The van der Waals surface area contributed by atoms with Crippen LogP contribution in [0.1, 0.15) is 22.3 Å². The van der Waals surface area contributed by atoms with Crippen LogP contribution in [0.2, 0.25) is 0 Å². The van der Waals surface area contributed by atoms with Crippen molar-refractivity contribution >= 4 is 32.6 Å². The van der Waals surface area contributed by atoms with Crippen LogP contribution in [0.5, 0.6) is 11.5 Å². The van der Waals surface area contributed by atoms with Crippen molar-refractivity contribution in [3.8, 4) is 39.4 Å². The first-order valence-corrected chi connectivity index (χ1v) is 16.9. The van der Waals surface area contributed by atoms with Gasteiger partial charge in [-0.1, -0.05) is 133 Å². The molecule has 0 bridgehead atoms. The van der Waals surface area contributed by atoms with Crippen molar-refractivity contribution in [3.05, 3.63) is 198 Å². The summed E-state index contributed by atoms with van der Waals surface area (Å²) in [5.41, 5.74) is 13.0. The van der Waals surface area contributed by atoms with Gasteiger partial charge in [-0.25, -0.2) is 0 Å². The van der Waals surface area contributed by atoms with Crippen molar-refractivity contribution in [1.29, 1.82) is 0 Å². The molecule has 0 radical (unpaired) electrons. The second-order valence-electron chi connectivity index (χ2n) is 13.2. The van der Waals surface area contributed by atoms with Crippen LogP contribution in [-0.4, -0.2) is 4.57 Å². The number of rotatable bonds is 2. The highest BCUT2D eigenvalue weighted by molar-refractivity contribution is 6.19. The van der Waals surface area contributed by atoms with E-state index in [1.807, 2.05) is 0 Å². The summed E-state index contributed by atoms with van der Waals surface area (Å²) < 4.78 is 9.13. The molecule has 2 aliphatic rings. The first-order chi connectivity index (χ1) is 24.3. The smallest absolute Gasteiger partial charge is 0.132 e. The van der Waals surface area contributed by atoms with Crippen LogP contribution in [0, 0.1) is 0 Å². The Morgan fingerprint density at radius 1 is 0.408 bits per heavy atom. The lowest BCUT2D eigenvalue weighted by Gasteiger charge is -2.39. The van der Waals surface area contributed by atoms with Gasteiger partial charge in [-0.15, -0.1) is 0 Å². The minimum atomic E-state index is -0.489. The summed E-state index contributed by atoms with van der Waals surface area (Å²) in [6, 6.07) is 64.1. The first-order valence-electron chi connectivity index (χ1n) is 16.9. The van der Waals surface area contributed by atoms with Gasteiger partial charge in [0, 0.05) is 33.0 Å². The minimum Gasteiger partial charge on any atom is -0.457 e. The summed E-state index contributed by atoms with van der Waals surface area (Å²) >= 11 is 0. The van der Waals surface area contributed by atoms with E-state index in [-0.39, 0.29) is 0 Å². The van der Waals surface area contributed by atoms with E-state index < -0.39 is 5.41 Å². The van der Waals surface area contributed by atoms with Gasteiger partial charge in [0.05, 0.1) is 16.4 Å². The van der Waals surface area contributed by atoms with Crippen molar-refractivity contribution < 1.29 is 4.74 Å². The first kappa shape index (κ1) is 26.7. The van der Waals surface area contributed by atoms with Crippen LogP contribution in [0.25, 0.3) is 60.5 Å². The number of ether oxygens (including phenoxy) is 1. The summed E-state index contributed by atoms with van der Waals surface area (Å²) in [4.78, 5) is 0. The van der Waals surface area contributed by atoms with Crippen molar-refractivity contribution in [2.45, 2.75) is 5.41 Å². The molecule has 1 aromatic heterocycles. The van der Waals surface area contributed by atoms with Gasteiger partial charge in [0.2, 0.25) is 0 Å². The summed E-state index contributed by atoms with van der Waals surface area (Å²) in [5, 5.41) is 4.98. The molecule has 0 N–H and O–H groups in total. The zero-order valence-corrected chi connectivity index (χ0v) is 26.6. The minimum absolute atomic E-state index is 0.489. The Kier molecular flexibility index (Phi) is 5.34. The largest absolute Gasteiger partial charge is 0.457 e. The van der Waals surface area contributed by atoms with E-state index in [9.17, 15) is 0 Å². The Morgan fingerprint density at radius 3 is 1.84 bits per heavy atom. The van der Waals surface area contributed by atoms with Crippen LogP contribution >= 0.6 is 0 Å². The molecule has 2 nitrogen and oxygen atoms in total. The van der Waals surface area contributed by atoms with Crippen LogP contribution in [0.3, 0.4) is 0 Å². The molecule has 0 saturated heterocycles. The van der Waals surface area contributed by atoms with E-state index >= 15 is 0 Å². The molecule has 11 rings (SSSR count). The molecule has 0 atom stereocenters.